The van der Waals surface area contributed by atoms with E-state index in [4.69, 9.17) is 0 Å². The minimum Gasteiger partial charge on any atom is -0.149 e. The van der Waals surface area contributed by atoms with Crippen LogP contribution in [0.15, 0.2) is 17.5 Å². The van der Waals surface area contributed by atoms with Gasteiger partial charge in [-0.15, -0.1) is 11.3 Å². The van der Waals surface area contributed by atoms with E-state index in [9.17, 15) is 0 Å². The van der Waals surface area contributed by atoms with Crippen molar-refractivity contribution in [2.75, 3.05) is 0 Å². The highest BCUT2D eigenvalue weighted by molar-refractivity contribution is 9.09. The van der Waals surface area contributed by atoms with E-state index in [0.717, 1.165) is 16.7 Å². The van der Waals surface area contributed by atoms with Gasteiger partial charge >= 0.3 is 0 Å². The zero-order chi connectivity index (χ0) is 13.2. The van der Waals surface area contributed by atoms with E-state index in [1.807, 2.05) is 11.3 Å². The van der Waals surface area contributed by atoms with E-state index in [1.165, 1.54) is 32.1 Å². The standard InChI is InChI=1S/C16H25BrS/c1-12-6-7-14(15(17)11-12)16(2,3)9-8-13-5-4-10-18-13/h4-5,10,12,14-15H,6-9,11H2,1-3H3. The van der Waals surface area contributed by atoms with Crippen molar-refractivity contribution in [1.29, 1.82) is 0 Å². The number of hydrogen-bond donors (Lipinski definition) is 0. The van der Waals surface area contributed by atoms with Gasteiger partial charge in [0.1, 0.15) is 0 Å². The molecule has 1 saturated carbocycles. The summed E-state index contributed by atoms with van der Waals surface area (Å²) in [6.07, 6.45) is 6.72. The SMILES string of the molecule is CC1CCC(C(C)(C)CCc2cccs2)C(Br)C1. The summed E-state index contributed by atoms with van der Waals surface area (Å²) in [5.74, 6) is 1.74. The molecule has 0 saturated heterocycles. The Morgan fingerprint density at radius 3 is 2.78 bits per heavy atom. The van der Waals surface area contributed by atoms with Crippen LogP contribution in [0.5, 0.6) is 0 Å². The Labute approximate surface area is 124 Å². The van der Waals surface area contributed by atoms with E-state index in [1.54, 1.807) is 4.88 Å². The van der Waals surface area contributed by atoms with Crippen molar-refractivity contribution >= 4 is 27.3 Å². The molecule has 0 N–H and O–H groups in total. The van der Waals surface area contributed by atoms with Gasteiger partial charge in [-0.05, 0) is 54.4 Å². The lowest BCUT2D eigenvalue weighted by molar-refractivity contribution is 0.137. The largest absolute Gasteiger partial charge is 0.149 e. The summed E-state index contributed by atoms with van der Waals surface area (Å²) in [5, 5.41) is 2.19. The maximum absolute atomic E-state index is 3.95. The summed E-state index contributed by atoms with van der Waals surface area (Å²) in [6, 6.07) is 4.44. The highest BCUT2D eigenvalue weighted by atomic mass is 79.9. The van der Waals surface area contributed by atoms with Gasteiger partial charge < -0.3 is 0 Å². The first-order valence-electron chi connectivity index (χ1n) is 7.15. The molecule has 18 heavy (non-hydrogen) atoms. The van der Waals surface area contributed by atoms with Crippen molar-refractivity contribution in [3.8, 4) is 0 Å². The van der Waals surface area contributed by atoms with Crippen molar-refractivity contribution in [3.05, 3.63) is 22.4 Å². The summed E-state index contributed by atoms with van der Waals surface area (Å²) in [7, 11) is 0. The smallest absolute Gasteiger partial charge is 0.0181 e. The van der Waals surface area contributed by atoms with Crippen molar-refractivity contribution in [3.63, 3.8) is 0 Å². The van der Waals surface area contributed by atoms with Crippen LogP contribution in [0.2, 0.25) is 0 Å². The van der Waals surface area contributed by atoms with Gasteiger partial charge in [0.25, 0.3) is 0 Å². The quantitative estimate of drug-likeness (QED) is 0.603. The monoisotopic (exact) mass is 328 g/mol. The molecule has 1 heterocycles. The Hall–Kier alpha value is 0.180. The summed E-state index contributed by atoms with van der Waals surface area (Å²) in [6.45, 7) is 7.33. The summed E-state index contributed by atoms with van der Waals surface area (Å²) >= 11 is 5.85. The van der Waals surface area contributed by atoms with Crippen LogP contribution in [-0.4, -0.2) is 4.83 Å². The second-order valence-corrected chi connectivity index (χ2v) is 8.82. The van der Waals surface area contributed by atoms with Crippen molar-refractivity contribution < 1.29 is 0 Å². The second-order valence-electron chi connectivity index (χ2n) is 6.61. The molecule has 1 aliphatic carbocycles. The predicted octanol–water partition coefficient (Wildman–Crippen LogP) is 5.91. The fourth-order valence-corrected chi connectivity index (χ4v) is 5.60. The lowest BCUT2D eigenvalue weighted by atomic mass is 9.67. The highest BCUT2D eigenvalue weighted by Crippen LogP contribution is 2.45. The molecule has 1 aromatic rings. The molecule has 2 heteroatoms. The van der Waals surface area contributed by atoms with Gasteiger partial charge in [-0.25, -0.2) is 0 Å². The molecule has 3 atom stereocenters. The Morgan fingerprint density at radius 2 is 2.17 bits per heavy atom. The zero-order valence-corrected chi connectivity index (χ0v) is 14.2. The molecule has 1 fully saturated rings. The van der Waals surface area contributed by atoms with E-state index in [-0.39, 0.29) is 0 Å². The lowest BCUT2D eigenvalue weighted by Crippen LogP contribution is -2.36. The molecule has 0 aliphatic heterocycles. The van der Waals surface area contributed by atoms with E-state index < -0.39 is 0 Å². The molecule has 0 nitrogen and oxygen atoms in total. The zero-order valence-electron chi connectivity index (χ0n) is 11.8. The van der Waals surface area contributed by atoms with Crippen LogP contribution in [0.1, 0.15) is 51.3 Å². The minimum atomic E-state index is 0.457. The van der Waals surface area contributed by atoms with Gasteiger partial charge in [-0.2, -0.15) is 0 Å². The molecule has 0 bridgehead atoms. The topological polar surface area (TPSA) is 0 Å². The van der Waals surface area contributed by atoms with Crippen LogP contribution in [-0.2, 0) is 6.42 Å². The van der Waals surface area contributed by atoms with Crippen molar-refractivity contribution in [2.45, 2.75) is 57.7 Å². The molecule has 0 amide bonds. The number of alkyl halides is 1. The Bertz CT molecular complexity index is 355. The first kappa shape index (κ1) is 14.6. The third-order valence-corrected chi connectivity index (χ3v) is 6.58. The van der Waals surface area contributed by atoms with Gasteiger partial charge in [-0.1, -0.05) is 49.2 Å². The molecule has 0 spiro atoms. The molecule has 0 aromatic carbocycles. The van der Waals surface area contributed by atoms with Crippen molar-refractivity contribution in [1.82, 2.24) is 0 Å². The average molecular weight is 329 g/mol. The third-order valence-electron chi connectivity index (χ3n) is 4.63. The molecule has 1 aliphatic rings. The van der Waals surface area contributed by atoms with Crippen LogP contribution in [0, 0.1) is 17.3 Å². The molecular weight excluding hydrogens is 304 g/mol. The van der Waals surface area contributed by atoms with Gasteiger partial charge in [0.2, 0.25) is 0 Å². The number of thiophene rings is 1. The van der Waals surface area contributed by atoms with Crippen molar-refractivity contribution in [2.24, 2.45) is 17.3 Å². The molecular formula is C16H25BrS. The molecule has 0 radical (unpaired) electrons. The van der Waals surface area contributed by atoms with Crippen LogP contribution < -0.4 is 0 Å². The lowest BCUT2D eigenvalue weighted by Gasteiger charge is -2.42. The molecule has 102 valence electrons. The predicted molar refractivity (Wildman–Crippen MR) is 85.6 cm³/mol. The Kier molecular flexibility index (Phi) is 4.93. The normalized spacial score (nSPS) is 29.4. The number of rotatable bonds is 4. The Balaban J connectivity index is 1.93. The van der Waals surface area contributed by atoms with Crippen LogP contribution in [0.4, 0.5) is 0 Å². The summed E-state index contributed by atoms with van der Waals surface area (Å²) < 4.78 is 0. The molecule has 3 unspecified atom stereocenters. The van der Waals surface area contributed by atoms with Gasteiger partial charge in [0, 0.05) is 9.70 Å². The first-order valence-corrected chi connectivity index (χ1v) is 8.95. The van der Waals surface area contributed by atoms with Crippen LogP contribution in [0.25, 0.3) is 0 Å². The van der Waals surface area contributed by atoms with E-state index >= 15 is 0 Å². The van der Waals surface area contributed by atoms with Gasteiger partial charge in [-0.3, -0.25) is 0 Å². The maximum atomic E-state index is 3.95. The molecule has 2 rings (SSSR count). The van der Waals surface area contributed by atoms with Crippen LogP contribution >= 0.6 is 27.3 Å². The van der Waals surface area contributed by atoms with Gasteiger partial charge in [0.15, 0.2) is 0 Å². The highest BCUT2D eigenvalue weighted by Gasteiger charge is 2.37. The van der Waals surface area contributed by atoms with Crippen LogP contribution in [0.3, 0.4) is 0 Å². The summed E-state index contributed by atoms with van der Waals surface area (Å²) in [4.78, 5) is 2.26. The van der Waals surface area contributed by atoms with E-state index in [0.29, 0.717) is 5.41 Å². The van der Waals surface area contributed by atoms with Gasteiger partial charge in [0.05, 0.1) is 0 Å². The molecule has 1 aromatic heterocycles. The summed E-state index contributed by atoms with van der Waals surface area (Å²) in [5.41, 5.74) is 0.457. The first-order chi connectivity index (χ1) is 8.49. The fourth-order valence-electron chi connectivity index (χ4n) is 3.28. The fraction of sp³-hybridized carbons (Fsp3) is 0.750. The number of aryl methyl sites for hydroxylation is 1. The third kappa shape index (κ3) is 3.60. The second kappa shape index (κ2) is 6.09. The Morgan fingerprint density at radius 1 is 1.39 bits per heavy atom. The minimum absolute atomic E-state index is 0.457. The number of hydrogen-bond acceptors (Lipinski definition) is 1. The van der Waals surface area contributed by atoms with E-state index in [2.05, 4.69) is 54.2 Å². The maximum Gasteiger partial charge on any atom is 0.0181 e. The number of halogens is 1. The average Bonchev–Trinajstić information content (AvgIpc) is 2.78.